The molecule has 0 radical (unpaired) electrons. The Labute approximate surface area is 108 Å². The summed E-state index contributed by atoms with van der Waals surface area (Å²) in [6.45, 7) is 2.54. The molecule has 0 aromatic heterocycles. The Morgan fingerprint density at radius 1 is 1.35 bits per heavy atom. The molecular weight excluding hydrogens is 311 g/mol. The first kappa shape index (κ1) is 14.3. The second-order valence-corrected chi connectivity index (χ2v) is 7.63. The second-order valence-electron chi connectivity index (χ2n) is 4.21. The molecule has 6 heteroatoms. The minimum absolute atomic E-state index is 0.132. The molecule has 0 aliphatic carbocycles. The molecule has 17 heavy (non-hydrogen) atoms. The van der Waals surface area contributed by atoms with E-state index in [1.54, 1.807) is 0 Å². The number of carbonyl (C=O) groups is 1. The largest absolute Gasteiger partial charge is 0.292 e. The zero-order valence-corrected chi connectivity index (χ0v) is 12.0. The zero-order valence-electron chi connectivity index (χ0n) is 9.62. The van der Waals surface area contributed by atoms with E-state index >= 15 is 0 Å². The van der Waals surface area contributed by atoms with Crippen molar-refractivity contribution in [2.24, 2.45) is 0 Å². The Balaban J connectivity index is 3.37. The van der Waals surface area contributed by atoms with E-state index < -0.39 is 26.2 Å². The van der Waals surface area contributed by atoms with Gasteiger partial charge in [-0.05, 0) is 41.9 Å². The van der Waals surface area contributed by atoms with Crippen LogP contribution in [0.1, 0.15) is 24.2 Å². The van der Waals surface area contributed by atoms with Crippen LogP contribution < -0.4 is 0 Å². The first-order valence-corrected chi connectivity index (χ1v) is 7.46. The molecule has 0 aliphatic rings. The predicted octanol–water partition coefficient (Wildman–Crippen LogP) is 2.59. The number of hydrogen-bond donors (Lipinski definition) is 0. The van der Waals surface area contributed by atoms with Crippen LogP contribution in [0, 0.1) is 5.82 Å². The minimum atomic E-state index is -3.61. The van der Waals surface area contributed by atoms with Gasteiger partial charge < -0.3 is 0 Å². The van der Waals surface area contributed by atoms with Gasteiger partial charge in [0.2, 0.25) is 0 Å². The molecule has 0 amide bonds. The van der Waals surface area contributed by atoms with Crippen molar-refractivity contribution in [3.05, 3.63) is 34.1 Å². The van der Waals surface area contributed by atoms with Gasteiger partial charge in [-0.25, -0.2) is 12.8 Å². The Morgan fingerprint density at radius 2 is 1.88 bits per heavy atom. The van der Waals surface area contributed by atoms with Crippen LogP contribution in [0.5, 0.6) is 0 Å². The summed E-state index contributed by atoms with van der Waals surface area (Å²) in [6.07, 6.45) is 0.959. The molecule has 1 aromatic rings. The van der Waals surface area contributed by atoms with Gasteiger partial charge >= 0.3 is 0 Å². The van der Waals surface area contributed by atoms with Gasteiger partial charge in [0.05, 0.1) is 10.0 Å². The summed E-state index contributed by atoms with van der Waals surface area (Å²) in [5, 5.41) is 0. The normalized spacial score (nSPS) is 12.5. The fourth-order valence-corrected chi connectivity index (χ4v) is 1.98. The Bertz CT molecular complexity index is 564. The van der Waals surface area contributed by atoms with Crippen LogP contribution in [-0.4, -0.2) is 25.2 Å². The molecule has 0 unspecified atom stereocenters. The maximum Gasteiger partial charge on any atom is 0.186 e. The lowest BCUT2D eigenvalue weighted by molar-refractivity contribution is 0.0950. The smallest absolute Gasteiger partial charge is 0.186 e. The van der Waals surface area contributed by atoms with Crippen molar-refractivity contribution in [1.29, 1.82) is 0 Å². The van der Waals surface area contributed by atoms with Crippen LogP contribution in [0.4, 0.5) is 4.39 Å². The van der Waals surface area contributed by atoms with Crippen LogP contribution >= 0.6 is 15.9 Å². The standard InChI is InChI=1S/C11H12BrFO3S/c1-11(2,17(3,15)16)10(14)7-5-4-6-8(12)9(7)13/h4-6H,1-3H3. The predicted molar refractivity (Wildman–Crippen MR) is 67.4 cm³/mol. The summed E-state index contributed by atoms with van der Waals surface area (Å²) in [7, 11) is -3.61. The summed E-state index contributed by atoms with van der Waals surface area (Å²) in [6, 6.07) is 4.20. The van der Waals surface area contributed by atoms with Crippen molar-refractivity contribution < 1.29 is 17.6 Å². The SMILES string of the molecule is CC(C)(C(=O)c1cccc(Br)c1F)S(C)(=O)=O. The van der Waals surface area contributed by atoms with Crippen LogP contribution in [0.2, 0.25) is 0 Å². The molecule has 1 rings (SSSR count). The third-order valence-electron chi connectivity index (χ3n) is 2.67. The van der Waals surface area contributed by atoms with Crippen molar-refractivity contribution in [2.75, 3.05) is 6.26 Å². The highest BCUT2D eigenvalue weighted by atomic mass is 79.9. The van der Waals surface area contributed by atoms with Crippen molar-refractivity contribution in [3.8, 4) is 0 Å². The third-order valence-corrected chi connectivity index (χ3v) is 5.32. The highest BCUT2D eigenvalue weighted by molar-refractivity contribution is 9.10. The monoisotopic (exact) mass is 322 g/mol. The van der Waals surface area contributed by atoms with Gasteiger partial charge in [0, 0.05) is 6.26 Å². The fourth-order valence-electron chi connectivity index (χ4n) is 1.17. The van der Waals surface area contributed by atoms with Crippen molar-refractivity contribution >= 4 is 31.6 Å². The molecule has 0 atom stereocenters. The number of hydrogen-bond acceptors (Lipinski definition) is 3. The number of sulfone groups is 1. The number of halogens is 2. The van der Waals surface area contributed by atoms with E-state index in [0.29, 0.717) is 0 Å². The lowest BCUT2D eigenvalue weighted by Crippen LogP contribution is -2.40. The Hall–Kier alpha value is -0.750. The summed E-state index contributed by atoms with van der Waals surface area (Å²) in [5.41, 5.74) is -0.227. The van der Waals surface area contributed by atoms with Gasteiger partial charge in [0.15, 0.2) is 15.6 Å². The average Bonchev–Trinajstić information content (AvgIpc) is 2.19. The lowest BCUT2D eigenvalue weighted by atomic mass is 10.00. The van der Waals surface area contributed by atoms with E-state index in [9.17, 15) is 17.6 Å². The molecule has 0 saturated carbocycles. The van der Waals surface area contributed by atoms with Crippen molar-refractivity contribution in [2.45, 2.75) is 18.6 Å². The maximum atomic E-state index is 13.7. The minimum Gasteiger partial charge on any atom is -0.292 e. The van der Waals surface area contributed by atoms with Gasteiger partial charge in [-0.2, -0.15) is 0 Å². The van der Waals surface area contributed by atoms with Gasteiger partial charge in [-0.1, -0.05) is 6.07 Å². The molecule has 3 nitrogen and oxygen atoms in total. The third kappa shape index (κ3) is 2.57. The van der Waals surface area contributed by atoms with Crippen molar-refractivity contribution in [3.63, 3.8) is 0 Å². The molecule has 0 N–H and O–H groups in total. The fraction of sp³-hybridized carbons (Fsp3) is 0.364. The number of ketones is 1. The van der Waals surface area contributed by atoms with Crippen LogP contribution in [0.3, 0.4) is 0 Å². The highest BCUT2D eigenvalue weighted by Crippen LogP contribution is 2.26. The molecule has 1 aromatic carbocycles. The van der Waals surface area contributed by atoms with Crippen LogP contribution in [0.15, 0.2) is 22.7 Å². The van der Waals surface area contributed by atoms with E-state index in [2.05, 4.69) is 15.9 Å². The first-order valence-electron chi connectivity index (χ1n) is 4.77. The maximum absolute atomic E-state index is 13.7. The summed E-state index contributed by atoms with van der Waals surface area (Å²) >= 11 is 2.95. The van der Waals surface area contributed by atoms with Crippen LogP contribution in [0.25, 0.3) is 0 Å². The van der Waals surface area contributed by atoms with Gasteiger partial charge in [0.25, 0.3) is 0 Å². The lowest BCUT2D eigenvalue weighted by Gasteiger charge is -2.21. The number of rotatable bonds is 3. The summed E-state index contributed by atoms with van der Waals surface area (Å²) in [4.78, 5) is 12.0. The number of benzene rings is 1. The molecule has 0 bridgehead atoms. The van der Waals surface area contributed by atoms with E-state index in [4.69, 9.17) is 0 Å². The summed E-state index contributed by atoms with van der Waals surface area (Å²) in [5.74, 6) is -1.49. The number of Topliss-reactive ketones (excluding diaryl/α,β-unsaturated/α-hetero) is 1. The number of carbonyl (C=O) groups excluding carboxylic acids is 1. The average molecular weight is 323 g/mol. The van der Waals surface area contributed by atoms with Gasteiger partial charge in [-0.3, -0.25) is 4.79 Å². The summed E-state index contributed by atoms with van der Waals surface area (Å²) < 4.78 is 35.2. The van der Waals surface area contributed by atoms with Gasteiger partial charge in [-0.15, -0.1) is 0 Å². The second kappa shape index (κ2) is 4.49. The topological polar surface area (TPSA) is 51.2 Å². The first-order chi connectivity index (χ1) is 7.59. The quantitative estimate of drug-likeness (QED) is 0.804. The molecule has 0 aliphatic heterocycles. The highest BCUT2D eigenvalue weighted by Gasteiger charge is 2.40. The van der Waals surface area contributed by atoms with E-state index in [0.717, 1.165) is 6.26 Å². The molecule has 0 heterocycles. The Morgan fingerprint density at radius 3 is 2.35 bits per heavy atom. The molecule has 0 fully saturated rings. The molecule has 0 spiro atoms. The van der Waals surface area contributed by atoms with Crippen LogP contribution in [-0.2, 0) is 9.84 Å². The molecule has 0 saturated heterocycles. The Kier molecular flexibility index (Phi) is 3.78. The van der Waals surface area contributed by atoms with E-state index in [1.807, 2.05) is 0 Å². The van der Waals surface area contributed by atoms with E-state index in [1.165, 1.54) is 32.0 Å². The van der Waals surface area contributed by atoms with E-state index in [-0.39, 0.29) is 10.0 Å². The van der Waals surface area contributed by atoms with Crippen molar-refractivity contribution in [1.82, 2.24) is 0 Å². The molecule has 94 valence electrons. The van der Waals surface area contributed by atoms with Gasteiger partial charge in [0.1, 0.15) is 10.6 Å². The zero-order chi connectivity index (χ0) is 13.4. The molecular formula is C11H12BrFO3S.